The number of nitrogens with one attached hydrogen (secondary N) is 2. The number of aliphatic imine (C=N–C) groups is 1. The van der Waals surface area contributed by atoms with Crippen molar-refractivity contribution in [1.82, 2.24) is 20.4 Å². The molecule has 166 valence electrons. The van der Waals surface area contributed by atoms with Crippen molar-refractivity contribution in [3.63, 3.8) is 0 Å². The monoisotopic (exact) mass is 415 g/mol. The zero-order chi connectivity index (χ0) is 22.1. The minimum absolute atomic E-state index is 0.00660. The Balaban J connectivity index is 2.00. The van der Waals surface area contributed by atoms with Crippen LogP contribution >= 0.6 is 0 Å². The number of benzene rings is 1. The van der Waals surface area contributed by atoms with Crippen molar-refractivity contribution in [2.24, 2.45) is 10.4 Å². The Labute approximate surface area is 180 Å². The molecule has 0 radical (unpaired) electrons. The number of nitrogens with zero attached hydrogens (tertiary/aromatic N) is 3. The van der Waals surface area contributed by atoms with E-state index in [0.717, 1.165) is 50.2 Å². The average molecular weight is 416 g/mol. The van der Waals surface area contributed by atoms with Gasteiger partial charge in [0.05, 0.1) is 12.0 Å². The Kier molecular flexibility index (Phi) is 8.69. The Morgan fingerprint density at radius 2 is 1.77 bits per heavy atom. The lowest BCUT2D eigenvalue weighted by atomic mass is 9.85. The van der Waals surface area contributed by atoms with Crippen LogP contribution in [0.1, 0.15) is 48.5 Å². The van der Waals surface area contributed by atoms with Gasteiger partial charge in [0.2, 0.25) is 5.91 Å². The summed E-state index contributed by atoms with van der Waals surface area (Å²) in [5.41, 5.74) is 1.43. The van der Waals surface area contributed by atoms with E-state index in [1.54, 1.807) is 23.9 Å². The third-order valence-electron chi connectivity index (χ3n) is 5.59. The molecule has 7 heteroatoms. The van der Waals surface area contributed by atoms with Gasteiger partial charge in [0, 0.05) is 46.8 Å². The second kappa shape index (κ2) is 11.0. The van der Waals surface area contributed by atoms with E-state index in [4.69, 9.17) is 4.99 Å². The second-order valence-electron chi connectivity index (χ2n) is 8.46. The molecule has 0 unspecified atom stereocenters. The molecule has 2 rings (SSSR count). The smallest absolute Gasteiger partial charge is 0.253 e. The molecule has 1 aromatic rings. The van der Waals surface area contributed by atoms with E-state index in [1.807, 2.05) is 45.3 Å². The van der Waals surface area contributed by atoms with Gasteiger partial charge in [0.15, 0.2) is 5.96 Å². The standard InChI is InChI=1S/C23H37N5O2/c1-6-24-22(26-17-23(13-7-8-14-23)21(30)28(4)5)25-15-12-18-10-9-11-19(16-18)20(29)27(2)3/h9-11,16H,6-8,12-15,17H2,1-5H3,(H2,24,25,26). The molecule has 2 N–H and O–H groups in total. The number of carbonyl (C=O) groups excluding carboxylic acids is 2. The molecule has 0 heterocycles. The fourth-order valence-corrected chi connectivity index (χ4v) is 3.98. The summed E-state index contributed by atoms with van der Waals surface area (Å²) in [6.07, 6.45) is 4.75. The summed E-state index contributed by atoms with van der Waals surface area (Å²) in [7, 11) is 7.16. The largest absolute Gasteiger partial charge is 0.357 e. The van der Waals surface area contributed by atoms with Gasteiger partial charge in [-0.1, -0.05) is 25.0 Å². The van der Waals surface area contributed by atoms with Gasteiger partial charge in [-0.25, -0.2) is 0 Å². The van der Waals surface area contributed by atoms with Gasteiger partial charge in [-0.15, -0.1) is 0 Å². The molecule has 0 atom stereocenters. The highest BCUT2D eigenvalue weighted by Gasteiger charge is 2.42. The molecule has 0 spiro atoms. The first-order chi connectivity index (χ1) is 14.3. The Morgan fingerprint density at radius 1 is 1.07 bits per heavy atom. The van der Waals surface area contributed by atoms with E-state index in [2.05, 4.69) is 10.6 Å². The van der Waals surface area contributed by atoms with Gasteiger partial charge >= 0.3 is 0 Å². The maximum absolute atomic E-state index is 12.8. The van der Waals surface area contributed by atoms with Crippen LogP contribution in [0.3, 0.4) is 0 Å². The summed E-state index contributed by atoms with van der Waals surface area (Å²) in [5.74, 6) is 0.921. The third kappa shape index (κ3) is 6.21. The summed E-state index contributed by atoms with van der Waals surface area (Å²) in [5, 5.41) is 6.64. The minimum Gasteiger partial charge on any atom is -0.357 e. The average Bonchev–Trinajstić information content (AvgIpc) is 3.21. The van der Waals surface area contributed by atoms with E-state index in [1.165, 1.54) is 0 Å². The number of hydrogen-bond donors (Lipinski definition) is 2. The van der Waals surface area contributed by atoms with Crippen LogP contribution in [0.5, 0.6) is 0 Å². The SMILES string of the molecule is CCNC(=NCC1(C(=O)N(C)C)CCCC1)NCCc1cccc(C(=O)N(C)C)c1. The van der Waals surface area contributed by atoms with Crippen molar-refractivity contribution < 1.29 is 9.59 Å². The van der Waals surface area contributed by atoms with Crippen molar-refractivity contribution in [3.05, 3.63) is 35.4 Å². The molecule has 1 aliphatic carbocycles. The lowest BCUT2D eigenvalue weighted by Gasteiger charge is -2.29. The van der Waals surface area contributed by atoms with Crippen LogP contribution in [0.25, 0.3) is 0 Å². The quantitative estimate of drug-likeness (QED) is 0.504. The van der Waals surface area contributed by atoms with Crippen LogP contribution in [-0.4, -0.2) is 75.4 Å². The van der Waals surface area contributed by atoms with Crippen LogP contribution in [0.2, 0.25) is 0 Å². The van der Waals surface area contributed by atoms with E-state index >= 15 is 0 Å². The third-order valence-corrected chi connectivity index (χ3v) is 5.59. The number of carbonyl (C=O) groups is 2. The predicted molar refractivity (Wildman–Crippen MR) is 122 cm³/mol. The van der Waals surface area contributed by atoms with Crippen molar-refractivity contribution in [1.29, 1.82) is 0 Å². The number of guanidine groups is 1. The van der Waals surface area contributed by atoms with Crippen LogP contribution in [0.15, 0.2) is 29.3 Å². The Hall–Kier alpha value is -2.57. The maximum atomic E-state index is 12.8. The van der Waals surface area contributed by atoms with Crippen LogP contribution in [-0.2, 0) is 11.2 Å². The zero-order valence-electron chi connectivity index (χ0n) is 19.1. The molecule has 2 amide bonds. The fourth-order valence-electron chi connectivity index (χ4n) is 3.98. The molecular weight excluding hydrogens is 378 g/mol. The molecule has 1 aromatic carbocycles. The molecule has 0 aromatic heterocycles. The van der Waals surface area contributed by atoms with Gasteiger partial charge in [-0.2, -0.15) is 0 Å². The number of amides is 2. The summed E-state index contributed by atoms with van der Waals surface area (Å²) >= 11 is 0. The zero-order valence-corrected chi connectivity index (χ0v) is 19.1. The van der Waals surface area contributed by atoms with E-state index < -0.39 is 0 Å². The highest BCUT2D eigenvalue weighted by molar-refractivity contribution is 5.94. The summed E-state index contributed by atoms with van der Waals surface area (Å²) in [6.45, 7) is 3.99. The molecule has 30 heavy (non-hydrogen) atoms. The lowest BCUT2D eigenvalue weighted by molar-refractivity contribution is -0.138. The van der Waals surface area contributed by atoms with Crippen molar-refractivity contribution >= 4 is 17.8 Å². The molecule has 1 saturated carbocycles. The van der Waals surface area contributed by atoms with Crippen molar-refractivity contribution in [2.75, 3.05) is 47.8 Å². The first kappa shape index (κ1) is 23.7. The van der Waals surface area contributed by atoms with Crippen LogP contribution < -0.4 is 10.6 Å². The van der Waals surface area contributed by atoms with Gasteiger partial charge in [-0.3, -0.25) is 14.6 Å². The highest BCUT2D eigenvalue weighted by Crippen LogP contribution is 2.39. The molecule has 7 nitrogen and oxygen atoms in total. The predicted octanol–water partition coefficient (Wildman–Crippen LogP) is 2.13. The van der Waals surface area contributed by atoms with E-state index in [0.29, 0.717) is 18.7 Å². The molecular formula is C23H37N5O2. The Bertz CT molecular complexity index is 752. The van der Waals surface area contributed by atoms with Gasteiger partial charge in [-0.05, 0) is 43.9 Å². The maximum Gasteiger partial charge on any atom is 0.253 e. The first-order valence-corrected chi connectivity index (χ1v) is 10.8. The topological polar surface area (TPSA) is 77.0 Å². The molecule has 1 aliphatic rings. The van der Waals surface area contributed by atoms with Gasteiger partial charge < -0.3 is 20.4 Å². The lowest BCUT2D eigenvalue weighted by Crippen LogP contribution is -2.43. The summed E-state index contributed by atoms with van der Waals surface area (Å²) in [6, 6.07) is 7.73. The summed E-state index contributed by atoms with van der Waals surface area (Å²) < 4.78 is 0. The molecule has 0 bridgehead atoms. The highest BCUT2D eigenvalue weighted by atomic mass is 16.2. The van der Waals surface area contributed by atoms with E-state index in [9.17, 15) is 9.59 Å². The van der Waals surface area contributed by atoms with Crippen LogP contribution in [0, 0.1) is 5.41 Å². The normalized spacial score (nSPS) is 15.6. The molecule has 0 saturated heterocycles. The fraction of sp³-hybridized carbons (Fsp3) is 0.609. The van der Waals surface area contributed by atoms with Crippen molar-refractivity contribution in [2.45, 2.75) is 39.0 Å². The van der Waals surface area contributed by atoms with Gasteiger partial charge in [0.1, 0.15) is 0 Å². The molecule has 0 aliphatic heterocycles. The van der Waals surface area contributed by atoms with Crippen molar-refractivity contribution in [3.8, 4) is 0 Å². The minimum atomic E-state index is -0.368. The second-order valence-corrected chi connectivity index (χ2v) is 8.46. The summed E-state index contributed by atoms with van der Waals surface area (Å²) in [4.78, 5) is 33.0. The molecule has 1 fully saturated rings. The number of rotatable bonds is 8. The van der Waals surface area contributed by atoms with Gasteiger partial charge in [0.25, 0.3) is 5.91 Å². The number of hydrogen-bond acceptors (Lipinski definition) is 3. The Morgan fingerprint density at radius 3 is 2.37 bits per heavy atom. The van der Waals surface area contributed by atoms with E-state index in [-0.39, 0.29) is 17.2 Å². The van der Waals surface area contributed by atoms with Crippen LogP contribution in [0.4, 0.5) is 0 Å². The first-order valence-electron chi connectivity index (χ1n) is 10.8.